The second-order valence-corrected chi connectivity index (χ2v) is 5.76. The first-order chi connectivity index (χ1) is 9.63. The lowest BCUT2D eigenvalue weighted by Gasteiger charge is -2.37. The first kappa shape index (κ1) is 13.4. The summed E-state index contributed by atoms with van der Waals surface area (Å²) in [5.74, 6) is 1.78. The summed E-state index contributed by atoms with van der Waals surface area (Å²) in [6.07, 6.45) is 2.40. The van der Waals surface area contributed by atoms with Crippen LogP contribution in [0.2, 0.25) is 0 Å². The Morgan fingerprint density at radius 2 is 1.60 bits per heavy atom. The highest BCUT2D eigenvalue weighted by Gasteiger charge is 2.24. The minimum Gasteiger partial charge on any atom is -0.368 e. The van der Waals surface area contributed by atoms with E-state index in [4.69, 9.17) is 5.73 Å². The Bertz CT molecular complexity index is 472. The summed E-state index contributed by atoms with van der Waals surface area (Å²) in [5, 5.41) is 0. The van der Waals surface area contributed by atoms with E-state index < -0.39 is 0 Å². The summed E-state index contributed by atoms with van der Waals surface area (Å²) >= 11 is 0. The summed E-state index contributed by atoms with van der Waals surface area (Å²) in [4.78, 5) is 20.0. The minimum atomic E-state index is 0.323. The fourth-order valence-electron chi connectivity index (χ4n) is 2.80. The second kappa shape index (κ2) is 5.40. The Balaban J connectivity index is 1.82. The number of likely N-dealkylation sites (N-methyl/N-ethyl adjacent to an activating group) is 1. The Labute approximate surface area is 119 Å². The molecule has 2 aliphatic rings. The molecule has 20 heavy (non-hydrogen) atoms. The first-order valence-corrected chi connectivity index (χ1v) is 7.35. The average molecular weight is 277 g/mol. The lowest BCUT2D eigenvalue weighted by molar-refractivity contribution is 0.233. The maximum Gasteiger partial charge on any atom is 0.232 e. The predicted octanol–water partition coefficient (Wildman–Crippen LogP) is 0.194. The zero-order valence-corrected chi connectivity index (χ0v) is 12.3. The molecule has 1 atom stereocenters. The van der Waals surface area contributed by atoms with Crippen LogP contribution >= 0.6 is 0 Å². The van der Waals surface area contributed by atoms with E-state index in [1.54, 1.807) is 0 Å². The van der Waals surface area contributed by atoms with Gasteiger partial charge in [-0.25, -0.2) is 0 Å². The van der Waals surface area contributed by atoms with Crippen molar-refractivity contribution >= 4 is 17.8 Å². The molecule has 0 bridgehead atoms. The highest BCUT2D eigenvalue weighted by atomic mass is 15.4. The van der Waals surface area contributed by atoms with Crippen LogP contribution in [-0.4, -0.2) is 65.7 Å². The van der Waals surface area contributed by atoms with Crippen LogP contribution < -0.4 is 15.5 Å². The Kier molecular flexibility index (Phi) is 3.60. The quantitative estimate of drug-likeness (QED) is 0.827. The molecule has 1 unspecified atom stereocenters. The number of anilines is 3. The molecule has 3 heterocycles. The maximum absolute atomic E-state index is 5.87. The molecule has 7 heteroatoms. The highest BCUT2D eigenvalue weighted by molar-refractivity contribution is 5.44. The van der Waals surface area contributed by atoms with E-state index in [1.165, 1.54) is 12.8 Å². The Hall–Kier alpha value is -1.63. The largest absolute Gasteiger partial charge is 0.368 e. The zero-order valence-electron chi connectivity index (χ0n) is 12.3. The first-order valence-electron chi connectivity index (χ1n) is 7.35. The van der Waals surface area contributed by atoms with Crippen molar-refractivity contribution in [3.63, 3.8) is 0 Å². The SMILES string of the molecule is CC1CN(c2nc(N)nc(N3CCCC3)n2)CCN1C. The van der Waals surface area contributed by atoms with Crippen LogP contribution in [0.25, 0.3) is 0 Å². The third-order valence-corrected chi connectivity index (χ3v) is 4.26. The molecule has 1 aromatic heterocycles. The number of rotatable bonds is 2. The molecule has 2 N–H and O–H groups in total. The van der Waals surface area contributed by atoms with Gasteiger partial charge in [-0.3, -0.25) is 0 Å². The second-order valence-electron chi connectivity index (χ2n) is 5.76. The number of hydrogen-bond acceptors (Lipinski definition) is 7. The van der Waals surface area contributed by atoms with Gasteiger partial charge in [-0.05, 0) is 26.8 Å². The van der Waals surface area contributed by atoms with E-state index in [9.17, 15) is 0 Å². The molecule has 0 saturated carbocycles. The van der Waals surface area contributed by atoms with Gasteiger partial charge in [-0.1, -0.05) is 0 Å². The molecule has 3 rings (SSSR count). The molecule has 1 aromatic rings. The Morgan fingerprint density at radius 3 is 2.25 bits per heavy atom. The molecule has 0 spiro atoms. The van der Waals surface area contributed by atoms with Gasteiger partial charge in [0, 0.05) is 38.8 Å². The third kappa shape index (κ3) is 2.63. The van der Waals surface area contributed by atoms with Crippen molar-refractivity contribution in [2.75, 3.05) is 55.3 Å². The van der Waals surface area contributed by atoms with E-state index in [1.807, 2.05) is 0 Å². The average Bonchev–Trinajstić information content (AvgIpc) is 2.95. The normalized spacial score (nSPS) is 24.4. The van der Waals surface area contributed by atoms with Gasteiger partial charge in [0.15, 0.2) is 0 Å². The van der Waals surface area contributed by atoms with Crippen LogP contribution in [0.15, 0.2) is 0 Å². The van der Waals surface area contributed by atoms with E-state index in [0.29, 0.717) is 12.0 Å². The van der Waals surface area contributed by atoms with Crippen molar-refractivity contribution < 1.29 is 0 Å². The van der Waals surface area contributed by atoms with Crippen molar-refractivity contribution in [2.45, 2.75) is 25.8 Å². The number of piperazine rings is 1. The summed E-state index contributed by atoms with van der Waals surface area (Å²) < 4.78 is 0. The third-order valence-electron chi connectivity index (χ3n) is 4.26. The maximum atomic E-state index is 5.87. The molecule has 7 nitrogen and oxygen atoms in total. The molecule has 110 valence electrons. The van der Waals surface area contributed by atoms with Crippen molar-refractivity contribution in [3.8, 4) is 0 Å². The number of aromatic nitrogens is 3. The molecule has 2 saturated heterocycles. The zero-order chi connectivity index (χ0) is 14.1. The van der Waals surface area contributed by atoms with Gasteiger partial charge < -0.3 is 20.4 Å². The molecule has 0 radical (unpaired) electrons. The summed E-state index contributed by atoms with van der Waals surface area (Å²) in [7, 11) is 2.15. The fourth-order valence-corrected chi connectivity index (χ4v) is 2.80. The van der Waals surface area contributed by atoms with Crippen LogP contribution in [0.1, 0.15) is 19.8 Å². The van der Waals surface area contributed by atoms with Crippen molar-refractivity contribution in [3.05, 3.63) is 0 Å². The summed E-state index contributed by atoms with van der Waals surface area (Å²) in [6.45, 7) is 7.14. The predicted molar refractivity (Wildman–Crippen MR) is 80.0 cm³/mol. The number of nitrogens with zero attached hydrogens (tertiary/aromatic N) is 6. The Morgan fingerprint density at radius 1 is 0.950 bits per heavy atom. The number of nitrogens with two attached hydrogens (primary N) is 1. The van der Waals surface area contributed by atoms with Crippen molar-refractivity contribution in [1.29, 1.82) is 0 Å². The van der Waals surface area contributed by atoms with Gasteiger partial charge >= 0.3 is 0 Å². The van der Waals surface area contributed by atoms with Crippen molar-refractivity contribution in [1.82, 2.24) is 19.9 Å². The number of hydrogen-bond donors (Lipinski definition) is 1. The van der Waals surface area contributed by atoms with Gasteiger partial charge in [0.2, 0.25) is 17.8 Å². The van der Waals surface area contributed by atoms with Crippen LogP contribution in [0.3, 0.4) is 0 Å². The van der Waals surface area contributed by atoms with Gasteiger partial charge in [0.1, 0.15) is 0 Å². The van der Waals surface area contributed by atoms with Gasteiger partial charge in [0.05, 0.1) is 0 Å². The molecule has 0 aliphatic carbocycles. The smallest absolute Gasteiger partial charge is 0.232 e. The van der Waals surface area contributed by atoms with E-state index >= 15 is 0 Å². The van der Waals surface area contributed by atoms with Crippen LogP contribution in [0.4, 0.5) is 17.8 Å². The van der Waals surface area contributed by atoms with Crippen molar-refractivity contribution in [2.24, 2.45) is 0 Å². The van der Waals surface area contributed by atoms with Gasteiger partial charge in [-0.15, -0.1) is 0 Å². The topological polar surface area (TPSA) is 74.4 Å². The summed E-state index contributed by atoms with van der Waals surface area (Å²) in [6, 6.07) is 0.497. The lowest BCUT2D eigenvalue weighted by atomic mass is 10.2. The molecular weight excluding hydrogens is 254 g/mol. The van der Waals surface area contributed by atoms with E-state index in [0.717, 1.165) is 44.6 Å². The number of nitrogen functional groups attached to an aromatic ring is 1. The molecule has 2 fully saturated rings. The standard InChI is InChI=1S/C13H23N7/c1-10-9-20(8-7-18(10)2)13-16-11(14)15-12(17-13)19-5-3-4-6-19/h10H,3-9H2,1-2H3,(H2,14,15,16,17). The fraction of sp³-hybridized carbons (Fsp3) is 0.769. The molecule has 2 aliphatic heterocycles. The highest BCUT2D eigenvalue weighted by Crippen LogP contribution is 2.21. The molecular formula is C13H23N7. The molecule has 0 aromatic carbocycles. The molecule has 0 amide bonds. The van der Waals surface area contributed by atoms with Crippen LogP contribution in [0, 0.1) is 0 Å². The monoisotopic (exact) mass is 277 g/mol. The van der Waals surface area contributed by atoms with Gasteiger partial charge in [-0.2, -0.15) is 15.0 Å². The minimum absolute atomic E-state index is 0.323. The van der Waals surface area contributed by atoms with Crippen LogP contribution in [0.5, 0.6) is 0 Å². The lowest BCUT2D eigenvalue weighted by Crippen LogP contribution is -2.50. The van der Waals surface area contributed by atoms with E-state index in [2.05, 4.69) is 43.6 Å². The van der Waals surface area contributed by atoms with E-state index in [-0.39, 0.29) is 0 Å². The summed E-state index contributed by atoms with van der Waals surface area (Å²) in [5.41, 5.74) is 5.87. The van der Waals surface area contributed by atoms with Gasteiger partial charge in [0.25, 0.3) is 0 Å². The van der Waals surface area contributed by atoms with Crippen LogP contribution in [-0.2, 0) is 0 Å².